The first-order chi connectivity index (χ1) is 16.2. The molecule has 0 aliphatic carbocycles. The zero-order chi connectivity index (χ0) is 24.5. The van der Waals surface area contributed by atoms with E-state index in [1.54, 1.807) is 19.1 Å². The monoisotopic (exact) mass is 486 g/mol. The quantitative estimate of drug-likeness (QED) is 0.623. The number of nitrogens with one attached hydrogen (secondary N) is 1. The largest absolute Gasteiger partial charge is 0.379 e. The molecule has 2 aromatic rings. The van der Waals surface area contributed by atoms with Gasteiger partial charge in [0.1, 0.15) is 12.6 Å². The number of morpholine rings is 1. The molecular weight excluding hydrogens is 460 g/mol. The van der Waals surface area contributed by atoms with E-state index in [1.165, 1.54) is 33.5 Å². The Morgan fingerprint density at radius 1 is 1.03 bits per heavy atom. The van der Waals surface area contributed by atoms with Gasteiger partial charge in [-0.2, -0.15) is 4.31 Å². The average molecular weight is 487 g/mol. The molecule has 0 bridgehead atoms. The second-order valence-corrected chi connectivity index (χ2v) is 10.1. The second-order valence-electron chi connectivity index (χ2n) is 8.18. The summed E-state index contributed by atoms with van der Waals surface area (Å²) in [7, 11) is -3.64. The third-order valence-electron chi connectivity index (χ3n) is 5.81. The zero-order valence-corrected chi connectivity index (χ0v) is 19.7. The molecule has 0 saturated carbocycles. The van der Waals surface area contributed by atoms with Gasteiger partial charge in [-0.05, 0) is 50.2 Å². The van der Waals surface area contributed by atoms with E-state index < -0.39 is 40.5 Å². The summed E-state index contributed by atoms with van der Waals surface area (Å²) in [5.41, 5.74) is 1.96. The Balaban J connectivity index is 1.41. The lowest BCUT2D eigenvalue weighted by atomic mass is 10.2. The normalized spacial score (nSPS) is 19.5. The zero-order valence-electron chi connectivity index (χ0n) is 18.9. The Morgan fingerprint density at radius 3 is 2.26 bits per heavy atom. The van der Waals surface area contributed by atoms with Crippen molar-refractivity contribution in [3.8, 4) is 0 Å². The van der Waals surface area contributed by atoms with Crippen molar-refractivity contribution in [2.75, 3.05) is 43.1 Å². The minimum absolute atomic E-state index is 0.111. The average Bonchev–Trinajstić information content (AvgIpc) is 3.04. The molecular formula is C23H26N4O6S. The van der Waals surface area contributed by atoms with Crippen LogP contribution >= 0.6 is 0 Å². The first-order valence-corrected chi connectivity index (χ1v) is 12.3. The molecule has 10 nitrogen and oxygen atoms in total. The minimum atomic E-state index is -3.64. The Labute approximate surface area is 198 Å². The van der Waals surface area contributed by atoms with Crippen LogP contribution in [0.25, 0.3) is 0 Å². The summed E-state index contributed by atoms with van der Waals surface area (Å²) in [6.07, 6.45) is 0. The molecule has 4 amide bonds. The van der Waals surface area contributed by atoms with Gasteiger partial charge in [-0.15, -0.1) is 0 Å². The van der Waals surface area contributed by atoms with Crippen LogP contribution in [0.2, 0.25) is 0 Å². The van der Waals surface area contributed by atoms with Gasteiger partial charge in [-0.25, -0.2) is 13.2 Å². The van der Waals surface area contributed by atoms with E-state index in [0.717, 1.165) is 10.5 Å². The lowest BCUT2D eigenvalue weighted by molar-refractivity contribution is -0.130. The van der Waals surface area contributed by atoms with Crippen molar-refractivity contribution in [1.29, 1.82) is 0 Å². The van der Waals surface area contributed by atoms with Gasteiger partial charge in [-0.1, -0.05) is 17.7 Å². The standard InChI is InChI=1S/C23H26N4O6S/c1-16-3-7-19(8-4-16)27-17(2)22(29)26(23(27)30)15-21(28)24-18-5-9-20(10-6-18)34(31,32)25-11-13-33-14-12-25/h3-10,17H,11-15H2,1-2H3,(H,24,28)/t17-/m0/s1. The van der Waals surface area contributed by atoms with Crippen LogP contribution in [-0.2, 0) is 24.3 Å². The molecule has 2 aromatic carbocycles. The number of aryl methyl sites for hydroxylation is 1. The molecule has 0 spiro atoms. The van der Waals surface area contributed by atoms with E-state index in [4.69, 9.17) is 4.74 Å². The van der Waals surface area contributed by atoms with Crippen LogP contribution in [0.3, 0.4) is 0 Å². The van der Waals surface area contributed by atoms with Crippen molar-refractivity contribution >= 4 is 39.2 Å². The van der Waals surface area contributed by atoms with Crippen LogP contribution in [0, 0.1) is 6.92 Å². The van der Waals surface area contributed by atoms with Crippen LogP contribution in [0.4, 0.5) is 16.2 Å². The first-order valence-electron chi connectivity index (χ1n) is 10.9. The number of sulfonamides is 1. The van der Waals surface area contributed by atoms with E-state index in [1.807, 2.05) is 19.1 Å². The molecule has 0 aromatic heterocycles. The van der Waals surface area contributed by atoms with Gasteiger partial charge >= 0.3 is 6.03 Å². The molecule has 2 fully saturated rings. The Kier molecular flexibility index (Phi) is 6.69. The molecule has 0 radical (unpaired) electrons. The molecule has 180 valence electrons. The number of carbonyl (C=O) groups is 3. The molecule has 2 saturated heterocycles. The summed E-state index contributed by atoms with van der Waals surface area (Å²) in [6, 6.07) is 11.7. The Bertz CT molecular complexity index is 1190. The number of ether oxygens (including phenoxy) is 1. The molecule has 4 rings (SSSR count). The summed E-state index contributed by atoms with van der Waals surface area (Å²) < 4.78 is 32.0. The molecule has 1 atom stereocenters. The first kappa shape index (κ1) is 23.9. The predicted molar refractivity (Wildman–Crippen MR) is 125 cm³/mol. The van der Waals surface area contributed by atoms with Crippen LogP contribution in [-0.4, -0.2) is 74.4 Å². The lowest BCUT2D eigenvalue weighted by Crippen LogP contribution is -2.40. The van der Waals surface area contributed by atoms with Crippen molar-refractivity contribution in [2.45, 2.75) is 24.8 Å². The van der Waals surface area contributed by atoms with Gasteiger partial charge < -0.3 is 10.1 Å². The fourth-order valence-corrected chi connectivity index (χ4v) is 5.31. The number of hydrogen-bond acceptors (Lipinski definition) is 6. The third-order valence-corrected chi connectivity index (χ3v) is 7.72. The van der Waals surface area contributed by atoms with E-state index in [9.17, 15) is 22.8 Å². The maximum absolute atomic E-state index is 12.9. The number of benzene rings is 2. The summed E-state index contributed by atoms with van der Waals surface area (Å²) in [5.74, 6) is -1.03. The molecule has 2 aliphatic heterocycles. The Hall–Kier alpha value is -3.28. The topological polar surface area (TPSA) is 116 Å². The van der Waals surface area contributed by atoms with Crippen molar-refractivity contribution in [3.05, 3.63) is 54.1 Å². The van der Waals surface area contributed by atoms with Crippen molar-refractivity contribution in [3.63, 3.8) is 0 Å². The molecule has 11 heteroatoms. The van der Waals surface area contributed by atoms with E-state index in [-0.39, 0.29) is 18.0 Å². The number of imide groups is 1. The molecule has 0 unspecified atom stereocenters. The van der Waals surface area contributed by atoms with E-state index >= 15 is 0 Å². The summed E-state index contributed by atoms with van der Waals surface area (Å²) in [6.45, 7) is 4.37. The van der Waals surface area contributed by atoms with Gasteiger partial charge in [0.25, 0.3) is 5.91 Å². The number of carbonyl (C=O) groups excluding carboxylic acids is 3. The third kappa shape index (κ3) is 4.67. The SMILES string of the molecule is Cc1ccc(N2C(=O)N(CC(=O)Nc3ccc(S(=O)(=O)N4CCOCC4)cc3)C(=O)[C@@H]2C)cc1. The molecule has 2 heterocycles. The van der Waals surface area contributed by atoms with Gasteiger partial charge in [0.2, 0.25) is 15.9 Å². The van der Waals surface area contributed by atoms with Crippen LogP contribution in [0.15, 0.2) is 53.4 Å². The molecule has 34 heavy (non-hydrogen) atoms. The lowest BCUT2D eigenvalue weighted by Gasteiger charge is -2.26. The number of amides is 4. The van der Waals surface area contributed by atoms with E-state index in [2.05, 4.69) is 5.32 Å². The highest BCUT2D eigenvalue weighted by molar-refractivity contribution is 7.89. The number of rotatable bonds is 6. The maximum Gasteiger partial charge on any atom is 0.332 e. The summed E-state index contributed by atoms with van der Waals surface area (Å²) in [5, 5.41) is 2.61. The summed E-state index contributed by atoms with van der Waals surface area (Å²) >= 11 is 0. The fourth-order valence-electron chi connectivity index (χ4n) is 3.90. The van der Waals surface area contributed by atoms with Gasteiger partial charge in [0.05, 0.1) is 18.1 Å². The number of hydrogen-bond donors (Lipinski definition) is 1. The number of anilines is 2. The highest BCUT2D eigenvalue weighted by atomic mass is 32.2. The van der Waals surface area contributed by atoms with Crippen molar-refractivity contribution < 1.29 is 27.5 Å². The van der Waals surface area contributed by atoms with Gasteiger partial charge in [0.15, 0.2) is 0 Å². The number of urea groups is 1. The van der Waals surface area contributed by atoms with Gasteiger partial charge in [-0.3, -0.25) is 19.4 Å². The molecule has 2 aliphatic rings. The van der Waals surface area contributed by atoms with Gasteiger partial charge in [0, 0.05) is 24.5 Å². The maximum atomic E-state index is 12.9. The molecule has 1 N–H and O–H groups in total. The van der Waals surface area contributed by atoms with Crippen LogP contribution < -0.4 is 10.2 Å². The minimum Gasteiger partial charge on any atom is -0.379 e. The van der Waals surface area contributed by atoms with Crippen molar-refractivity contribution in [2.24, 2.45) is 0 Å². The Morgan fingerprint density at radius 2 is 1.65 bits per heavy atom. The smallest absolute Gasteiger partial charge is 0.332 e. The van der Waals surface area contributed by atoms with Crippen LogP contribution in [0.1, 0.15) is 12.5 Å². The highest BCUT2D eigenvalue weighted by Crippen LogP contribution is 2.26. The number of nitrogens with zero attached hydrogens (tertiary/aromatic N) is 3. The van der Waals surface area contributed by atoms with Crippen molar-refractivity contribution in [1.82, 2.24) is 9.21 Å². The summed E-state index contributed by atoms with van der Waals surface area (Å²) in [4.78, 5) is 40.5. The van der Waals surface area contributed by atoms with E-state index in [0.29, 0.717) is 24.6 Å². The second kappa shape index (κ2) is 9.53. The highest BCUT2D eigenvalue weighted by Gasteiger charge is 2.44. The van der Waals surface area contributed by atoms with Crippen LogP contribution in [0.5, 0.6) is 0 Å². The predicted octanol–water partition coefficient (Wildman–Crippen LogP) is 1.81. The fraction of sp³-hybridized carbons (Fsp3) is 0.348.